The number of hydrogen-bond donors (Lipinski definition) is 2. The number of amides is 3. The molecule has 0 spiro atoms. The van der Waals surface area contributed by atoms with E-state index in [9.17, 15) is 14.4 Å². The molecule has 0 saturated heterocycles. The number of benzene rings is 1. The maximum absolute atomic E-state index is 12.1. The van der Waals surface area contributed by atoms with Crippen LogP contribution in [0.2, 0.25) is 0 Å². The number of nitrogens with zero attached hydrogens (tertiary/aromatic N) is 1. The number of rotatable bonds is 8. The largest absolute Gasteiger partial charge is 0.356 e. The van der Waals surface area contributed by atoms with Crippen molar-refractivity contribution in [3.8, 4) is 0 Å². The van der Waals surface area contributed by atoms with E-state index in [2.05, 4.69) is 16.7 Å². The SMILES string of the molecule is CC(=O)Nc1cccc(N(CCC(=O)NCCC2=CCCCC2)C(C)=O)c1. The molecule has 0 fully saturated rings. The molecule has 1 aliphatic rings. The van der Waals surface area contributed by atoms with E-state index >= 15 is 0 Å². The Bertz CT molecular complexity index is 712. The summed E-state index contributed by atoms with van der Waals surface area (Å²) in [5.41, 5.74) is 2.71. The lowest BCUT2D eigenvalue weighted by atomic mass is 9.97. The molecule has 0 aliphatic heterocycles. The van der Waals surface area contributed by atoms with Gasteiger partial charge in [0.25, 0.3) is 0 Å². The van der Waals surface area contributed by atoms with Gasteiger partial charge in [0, 0.05) is 44.7 Å². The molecule has 0 unspecified atom stereocenters. The molecule has 0 atom stereocenters. The molecule has 1 aromatic carbocycles. The van der Waals surface area contributed by atoms with Crippen molar-refractivity contribution in [1.82, 2.24) is 5.32 Å². The molecule has 2 rings (SSSR count). The van der Waals surface area contributed by atoms with Crippen LogP contribution < -0.4 is 15.5 Å². The third kappa shape index (κ3) is 7.25. The Hall–Kier alpha value is -2.63. The minimum absolute atomic E-state index is 0.0596. The summed E-state index contributed by atoms with van der Waals surface area (Å²) in [6.07, 6.45) is 8.22. The van der Waals surface area contributed by atoms with Gasteiger partial charge < -0.3 is 15.5 Å². The Balaban J connectivity index is 1.85. The van der Waals surface area contributed by atoms with Crippen molar-refractivity contribution in [1.29, 1.82) is 0 Å². The van der Waals surface area contributed by atoms with Crippen molar-refractivity contribution in [2.75, 3.05) is 23.3 Å². The van der Waals surface area contributed by atoms with Gasteiger partial charge in [-0.25, -0.2) is 0 Å². The third-order valence-corrected chi connectivity index (χ3v) is 4.57. The molecule has 0 bridgehead atoms. The van der Waals surface area contributed by atoms with Crippen LogP contribution in [0.3, 0.4) is 0 Å². The van der Waals surface area contributed by atoms with Crippen LogP contribution in [0.5, 0.6) is 0 Å². The average Bonchev–Trinajstić information content (AvgIpc) is 2.62. The zero-order chi connectivity index (χ0) is 19.6. The molecule has 0 radical (unpaired) electrons. The first-order valence-corrected chi connectivity index (χ1v) is 9.56. The van der Waals surface area contributed by atoms with Crippen molar-refractivity contribution < 1.29 is 14.4 Å². The van der Waals surface area contributed by atoms with Crippen LogP contribution >= 0.6 is 0 Å². The van der Waals surface area contributed by atoms with E-state index in [1.54, 1.807) is 29.2 Å². The molecule has 0 saturated carbocycles. The third-order valence-electron chi connectivity index (χ3n) is 4.57. The molecule has 6 heteroatoms. The number of nitrogens with one attached hydrogen (secondary N) is 2. The summed E-state index contributed by atoms with van der Waals surface area (Å²) in [4.78, 5) is 36.9. The van der Waals surface area contributed by atoms with E-state index in [0.717, 1.165) is 19.3 Å². The van der Waals surface area contributed by atoms with Crippen LogP contribution in [0, 0.1) is 0 Å². The van der Waals surface area contributed by atoms with Crippen molar-refractivity contribution in [3.63, 3.8) is 0 Å². The van der Waals surface area contributed by atoms with Gasteiger partial charge in [-0.1, -0.05) is 17.7 Å². The van der Waals surface area contributed by atoms with Crippen LogP contribution in [0.15, 0.2) is 35.9 Å². The average molecular weight is 371 g/mol. The highest BCUT2D eigenvalue weighted by atomic mass is 16.2. The van der Waals surface area contributed by atoms with E-state index in [1.165, 1.54) is 32.3 Å². The van der Waals surface area contributed by atoms with Gasteiger partial charge in [0.15, 0.2) is 0 Å². The van der Waals surface area contributed by atoms with Gasteiger partial charge in [0.2, 0.25) is 17.7 Å². The van der Waals surface area contributed by atoms with Crippen molar-refractivity contribution in [2.45, 2.75) is 52.4 Å². The number of allylic oxidation sites excluding steroid dienone is 1. The van der Waals surface area contributed by atoms with E-state index in [4.69, 9.17) is 0 Å². The fourth-order valence-corrected chi connectivity index (χ4v) is 3.22. The summed E-state index contributed by atoms with van der Waals surface area (Å²) in [7, 11) is 0. The highest BCUT2D eigenvalue weighted by molar-refractivity contribution is 5.94. The van der Waals surface area contributed by atoms with Crippen LogP contribution in [0.25, 0.3) is 0 Å². The smallest absolute Gasteiger partial charge is 0.223 e. The van der Waals surface area contributed by atoms with Gasteiger partial charge >= 0.3 is 0 Å². The Morgan fingerprint density at radius 3 is 2.63 bits per heavy atom. The first-order chi connectivity index (χ1) is 13.0. The zero-order valence-corrected chi connectivity index (χ0v) is 16.2. The Labute approximate surface area is 161 Å². The normalized spacial score (nSPS) is 13.5. The fourth-order valence-electron chi connectivity index (χ4n) is 3.22. The van der Waals surface area contributed by atoms with Gasteiger partial charge in [0.1, 0.15) is 0 Å². The molecular weight excluding hydrogens is 342 g/mol. The zero-order valence-electron chi connectivity index (χ0n) is 16.2. The highest BCUT2D eigenvalue weighted by Gasteiger charge is 2.14. The van der Waals surface area contributed by atoms with E-state index in [0.29, 0.717) is 24.5 Å². The monoisotopic (exact) mass is 371 g/mol. The Kier molecular flexibility index (Phi) is 8.04. The van der Waals surface area contributed by atoms with Crippen LogP contribution in [0.4, 0.5) is 11.4 Å². The fraction of sp³-hybridized carbons (Fsp3) is 0.476. The highest BCUT2D eigenvalue weighted by Crippen LogP contribution is 2.21. The van der Waals surface area contributed by atoms with Gasteiger partial charge in [0.05, 0.1) is 0 Å². The number of carbonyl (C=O) groups is 3. The Morgan fingerprint density at radius 1 is 1.15 bits per heavy atom. The molecule has 146 valence electrons. The second-order valence-corrected chi connectivity index (χ2v) is 6.86. The number of hydrogen-bond acceptors (Lipinski definition) is 3. The summed E-state index contributed by atoms with van der Waals surface area (Å²) < 4.78 is 0. The predicted molar refractivity (Wildman–Crippen MR) is 108 cm³/mol. The summed E-state index contributed by atoms with van der Waals surface area (Å²) in [5.74, 6) is -0.375. The lowest BCUT2D eigenvalue weighted by Crippen LogP contribution is -2.34. The topological polar surface area (TPSA) is 78.5 Å². The van der Waals surface area contributed by atoms with Crippen LogP contribution in [-0.2, 0) is 14.4 Å². The maximum Gasteiger partial charge on any atom is 0.223 e. The van der Waals surface area contributed by atoms with Crippen molar-refractivity contribution in [2.24, 2.45) is 0 Å². The maximum atomic E-state index is 12.1. The Morgan fingerprint density at radius 2 is 1.96 bits per heavy atom. The minimum atomic E-state index is -0.172. The van der Waals surface area contributed by atoms with Gasteiger partial charge in [-0.05, 0) is 50.3 Å². The molecule has 2 N–H and O–H groups in total. The van der Waals surface area contributed by atoms with E-state index in [1.807, 2.05) is 0 Å². The van der Waals surface area contributed by atoms with Crippen LogP contribution in [-0.4, -0.2) is 30.8 Å². The van der Waals surface area contributed by atoms with Crippen molar-refractivity contribution in [3.05, 3.63) is 35.9 Å². The number of carbonyl (C=O) groups excluding carboxylic acids is 3. The van der Waals surface area contributed by atoms with E-state index in [-0.39, 0.29) is 24.1 Å². The molecule has 1 aromatic rings. The molecule has 0 aromatic heterocycles. The summed E-state index contributed by atoms with van der Waals surface area (Å²) in [6, 6.07) is 7.06. The molecule has 6 nitrogen and oxygen atoms in total. The second kappa shape index (κ2) is 10.5. The molecular formula is C21H29N3O3. The summed E-state index contributed by atoms with van der Waals surface area (Å²) >= 11 is 0. The summed E-state index contributed by atoms with van der Waals surface area (Å²) in [6.45, 7) is 3.85. The van der Waals surface area contributed by atoms with Crippen molar-refractivity contribution >= 4 is 29.1 Å². The van der Waals surface area contributed by atoms with Gasteiger partial charge in [-0.2, -0.15) is 0 Å². The standard InChI is InChI=1S/C21H29N3O3/c1-16(25)23-19-9-6-10-20(15-19)24(17(2)26)14-12-21(27)22-13-11-18-7-4-3-5-8-18/h6-7,9-10,15H,3-5,8,11-14H2,1-2H3,(H,22,27)(H,23,25). The molecule has 0 heterocycles. The lowest BCUT2D eigenvalue weighted by molar-refractivity contribution is -0.121. The predicted octanol–water partition coefficient (Wildman–Crippen LogP) is 3.39. The molecule has 27 heavy (non-hydrogen) atoms. The van der Waals surface area contributed by atoms with Gasteiger partial charge in [-0.15, -0.1) is 0 Å². The lowest BCUT2D eigenvalue weighted by Gasteiger charge is -2.22. The minimum Gasteiger partial charge on any atom is -0.356 e. The second-order valence-electron chi connectivity index (χ2n) is 6.86. The van der Waals surface area contributed by atoms with Crippen LogP contribution in [0.1, 0.15) is 52.4 Å². The molecule has 3 amide bonds. The first-order valence-electron chi connectivity index (χ1n) is 9.56. The first kappa shape index (κ1) is 20.7. The summed E-state index contributed by atoms with van der Waals surface area (Å²) in [5, 5.41) is 5.64. The van der Waals surface area contributed by atoms with E-state index < -0.39 is 0 Å². The number of anilines is 2. The molecule has 1 aliphatic carbocycles. The van der Waals surface area contributed by atoms with Gasteiger partial charge in [-0.3, -0.25) is 14.4 Å². The quantitative estimate of drug-likeness (QED) is 0.688.